The molecule has 0 spiro atoms. The molecule has 0 aliphatic rings. The van der Waals surface area contributed by atoms with Crippen LogP contribution in [-0.2, 0) is 0 Å². The summed E-state index contributed by atoms with van der Waals surface area (Å²) in [7, 11) is 0. The average molecular weight is 339 g/mol. The highest BCUT2D eigenvalue weighted by atomic mass is 32.2. The van der Waals surface area contributed by atoms with Crippen molar-refractivity contribution in [3.05, 3.63) is 78.1 Å². The number of hydrogen-bond donors (Lipinski definition) is 1. The van der Waals surface area contributed by atoms with Gasteiger partial charge in [-0.1, -0.05) is 42.5 Å². The van der Waals surface area contributed by atoms with Crippen LogP contribution in [0.5, 0.6) is 0 Å². The van der Waals surface area contributed by atoms with Crippen LogP contribution in [0, 0.1) is 5.82 Å². The summed E-state index contributed by atoms with van der Waals surface area (Å²) in [5.74, 6) is 1.18. The Morgan fingerprint density at radius 2 is 1.67 bits per heavy atom. The summed E-state index contributed by atoms with van der Waals surface area (Å²) in [6.45, 7) is 0.603. The van der Waals surface area contributed by atoms with Crippen LogP contribution < -0.4 is 5.73 Å². The molecule has 0 aromatic heterocycles. The van der Waals surface area contributed by atoms with Crippen molar-refractivity contribution in [2.75, 3.05) is 12.3 Å². The van der Waals surface area contributed by atoms with Crippen LogP contribution in [0.1, 0.15) is 24.3 Å². The third-order valence-corrected chi connectivity index (χ3v) is 5.39. The molecule has 0 amide bonds. The number of benzene rings is 3. The topological polar surface area (TPSA) is 26.0 Å². The van der Waals surface area contributed by atoms with Gasteiger partial charge in [0, 0.05) is 4.90 Å². The molecule has 124 valence electrons. The fourth-order valence-electron chi connectivity index (χ4n) is 2.93. The van der Waals surface area contributed by atoms with E-state index in [9.17, 15) is 4.39 Å². The summed E-state index contributed by atoms with van der Waals surface area (Å²) in [4.78, 5) is 1.31. The van der Waals surface area contributed by atoms with Gasteiger partial charge in [0.05, 0.1) is 0 Å². The lowest BCUT2D eigenvalue weighted by atomic mass is 9.95. The van der Waals surface area contributed by atoms with Gasteiger partial charge in [0.25, 0.3) is 0 Å². The van der Waals surface area contributed by atoms with Crippen LogP contribution in [0.3, 0.4) is 0 Å². The molecule has 24 heavy (non-hydrogen) atoms. The predicted molar refractivity (Wildman–Crippen MR) is 102 cm³/mol. The first-order chi connectivity index (χ1) is 11.8. The zero-order valence-electron chi connectivity index (χ0n) is 13.6. The second-order valence-electron chi connectivity index (χ2n) is 5.98. The molecule has 3 rings (SSSR count). The van der Waals surface area contributed by atoms with Crippen LogP contribution >= 0.6 is 11.8 Å². The van der Waals surface area contributed by atoms with Crippen LogP contribution in [0.4, 0.5) is 4.39 Å². The lowest BCUT2D eigenvalue weighted by Gasteiger charge is -2.15. The Morgan fingerprint density at radius 1 is 0.917 bits per heavy atom. The van der Waals surface area contributed by atoms with E-state index >= 15 is 0 Å². The number of halogens is 1. The number of fused-ring (bicyclic) bond motifs is 1. The summed E-state index contributed by atoms with van der Waals surface area (Å²) in [5.41, 5.74) is 7.03. The molecule has 0 heterocycles. The maximum absolute atomic E-state index is 13.0. The summed E-state index contributed by atoms with van der Waals surface area (Å²) >= 11 is 1.88. The zero-order chi connectivity index (χ0) is 16.8. The highest BCUT2D eigenvalue weighted by molar-refractivity contribution is 7.99. The van der Waals surface area contributed by atoms with Crippen LogP contribution in [0.15, 0.2) is 71.6 Å². The fourth-order valence-corrected chi connectivity index (χ4v) is 3.85. The third kappa shape index (κ3) is 4.37. The standard InChI is InChI=1S/C21H22FNS/c22-20-10-7-17(8-11-20)19(15-23)6-3-13-24-21-12-9-16-4-1-2-5-18(16)14-21/h1-2,4-5,7-12,14,19H,3,6,13,15,23H2. The van der Waals surface area contributed by atoms with Crippen LogP contribution in [0.25, 0.3) is 10.8 Å². The summed E-state index contributed by atoms with van der Waals surface area (Å²) in [5, 5.41) is 2.56. The van der Waals surface area contributed by atoms with Gasteiger partial charge in [0.15, 0.2) is 0 Å². The molecule has 0 fully saturated rings. The highest BCUT2D eigenvalue weighted by Gasteiger charge is 2.09. The molecule has 0 aliphatic heterocycles. The number of thioether (sulfide) groups is 1. The molecular formula is C21H22FNS. The van der Waals surface area contributed by atoms with E-state index in [0.29, 0.717) is 12.5 Å². The molecule has 0 saturated heterocycles. The second-order valence-corrected chi connectivity index (χ2v) is 7.15. The minimum Gasteiger partial charge on any atom is -0.330 e. The minimum absolute atomic E-state index is 0.193. The Bertz CT molecular complexity index is 785. The smallest absolute Gasteiger partial charge is 0.123 e. The van der Waals surface area contributed by atoms with E-state index < -0.39 is 0 Å². The van der Waals surface area contributed by atoms with Crippen LogP contribution in [0.2, 0.25) is 0 Å². The van der Waals surface area contributed by atoms with E-state index in [1.165, 1.54) is 27.8 Å². The molecule has 0 saturated carbocycles. The second kappa shape index (κ2) is 8.32. The van der Waals surface area contributed by atoms with Gasteiger partial charge in [-0.25, -0.2) is 4.39 Å². The third-order valence-electron chi connectivity index (χ3n) is 4.31. The summed E-state index contributed by atoms with van der Waals surface area (Å²) in [6, 6.07) is 21.8. The first-order valence-electron chi connectivity index (χ1n) is 8.33. The van der Waals surface area contributed by atoms with E-state index in [2.05, 4.69) is 42.5 Å². The van der Waals surface area contributed by atoms with Crippen LogP contribution in [-0.4, -0.2) is 12.3 Å². The van der Waals surface area contributed by atoms with Gasteiger partial charge in [0.1, 0.15) is 5.82 Å². The van der Waals surface area contributed by atoms with E-state index in [-0.39, 0.29) is 5.82 Å². The van der Waals surface area contributed by atoms with E-state index in [4.69, 9.17) is 5.73 Å². The molecule has 1 nitrogen and oxygen atoms in total. The van der Waals surface area contributed by atoms with Gasteiger partial charge in [-0.2, -0.15) is 0 Å². The molecule has 0 bridgehead atoms. The molecule has 3 aromatic carbocycles. The Labute approximate surface area is 147 Å². The molecule has 2 N–H and O–H groups in total. The van der Waals surface area contributed by atoms with E-state index in [1.54, 1.807) is 0 Å². The SMILES string of the molecule is NCC(CCCSc1ccc2ccccc2c1)c1ccc(F)cc1. The van der Waals surface area contributed by atoms with Crippen molar-refractivity contribution in [3.63, 3.8) is 0 Å². The van der Waals surface area contributed by atoms with Crippen molar-refractivity contribution in [2.24, 2.45) is 5.73 Å². The van der Waals surface area contributed by atoms with Crippen molar-refractivity contribution in [3.8, 4) is 0 Å². The highest BCUT2D eigenvalue weighted by Crippen LogP contribution is 2.26. The number of nitrogens with two attached hydrogens (primary N) is 1. The molecule has 3 heteroatoms. The van der Waals surface area contributed by atoms with Gasteiger partial charge < -0.3 is 5.73 Å². The molecular weight excluding hydrogens is 317 g/mol. The van der Waals surface area contributed by atoms with Gasteiger partial charge in [-0.3, -0.25) is 0 Å². The Hall–Kier alpha value is -1.84. The fraction of sp³-hybridized carbons (Fsp3) is 0.238. The minimum atomic E-state index is -0.193. The van der Waals surface area contributed by atoms with Gasteiger partial charge in [-0.15, -0.1) is 11.8 Å². The largest absolute Gasteiger partial charge is 0.330 e. The molecule has 0 radical (unpaired) electrons. The maximum atomic E-state index is 13.0. The first kappa shape index (κ1) is 17.0. The predicted octanol–water partition coefficient (Wildman–Crippen LogP) is 5.59. The molecule has 1 atom stereocenters. The normalized spacial score (nSPS) is 12.4. The Balaban J connectivity index is 1.52. The Morgan fingerprint density at radius 3 is 2.42 bits per heavy atom. The van der Waals surface area contributed by atoms with Crippen molar-refractivity contribution < 1.29 is 4.39 Å². The number of hydrogen-bond acceptors (Lipinski definition) is 2. The van der Waals surface area contributed by atoms with Crippen molar-refractivity contribution in [2.45, 2.75) is 23.7 Å². The zero-order valence-corrected chi connectivity index (χ0v) is 14.4. The van der Waals surface area contributed by atoms with E-state index in [0.717, 1.165) is 24.2 Å². The van der Waals surface area contributed by atoms with E-state index in [1.807, 2.05) is 23.9 Å². The quantitative estimate of drug-likeness (QED) is 0.448. The van der Waals surface area contributed by atoms with Gasteiger partial charge in [0.2, 0.25) is 0 Å². The van der Waals surface area contributed by atoms with Gasteiger partial charge >= 0.3 is 0 Å². The lowest BCUT2D eigenvalue weighted by Crippen LogP contribution is -2.12. The first-order valence-corrected chi connectivity index (χ1v) is 9.32. The van der Waals surface area contributed by atoms with Crippen molar-refractivity contribution in [1.82, 2.24) is 0 Å². The lowest BCUT2D eigenvalue weighted by molar-refractivity contribution is 0.611. The molecule has 0 aliphatic carbocycles. The average Bonchev–Trinajstić information content (AvgIpc) is 2.63. The maximum Gasteiger partial charge on any atom is 0.123 e. The number of rotatable bonds is 7. The molecule has 3 aromatic rings. The monoisotopic (exact) mass is 339 g/mol. The summed E-state index contributed by atoms with van der Waals surface area (Å²) < 4.78 is 13.0. The Kier molecular flexibility index (Phi) is 5.89. The van der Waals surface area contributed by atoms with Crippen molar-refractivity contribution >= 4 is 22.5 Å². The summed E-state index contributed by atoms with van der Waals surface area (Å²) in [6.07, 6.45) is 2.12. The van der Waals surface area contributed by atoms with Gasteiger partial charge in [-0.05, 0) is 71.7 Å². The molecule has 1 unspecified atom stereocenters. The van der Waals surface area contributed by atoms with Crippen molar-refractivity contribution in [1.29, 1.82) is 0 Å².